The summed E-state index contributed by atoms with van der Waals surface area (Å²) in [5.74, 6) is -1.78. The molecule has 4 saturated heterocycles. The van der Waals surface area contributed by atoms with E-state index in [-0.39, 0.29) is 53.9 Å². The van der Waals surface area contributed by atoms with Crippen LogP contribution in [0.15, 0.2) is 85.2 Å². The highest BCUT2D eigenvalue weighted by molar-refractivity contribution is 5.79. The molecule has 0 radical (unpaired) electrons. The maximum absolute atomic E-state index is 13.8. The smallest absolute Gasteiger partial charge is 0.416 e. The number of nitrogens with zero attached hydrogens (tertiary/aromatic N) is 8. The monoisotopic (exact) mass is 1360 g/mol. The summed E-state index contributed by atoms with van der Waals surface area (Å²) < 4.78 is 143. The van der Waals surface area contributed by atoms with Gasteiger partial charge in [0.15, 0.2) is 0 Å². The summed E-state index contributed by atoms with van der Waals surface area (Å²) in [4.78, 5) is 76.6. The topological polar surface area (TPSA) is 188 Å². The molecular weight excluding hydrogens is 1280 g/mol. The standard InChI is InChI=1S/C36H43F3N4O5.C35H37F5N4O5/c1-21-14-24(17-25(15-21)36(37,38)39)30-22(2)43(33(45)47-30)20-28-27(19-40-32(41-28)42-12-9-13-42)26-16-23(10-11-29(26)46-8)18-35(6,7)31(44)48-34(3,4)5;1-19-11-24(13-25(12-19)35(38,39)40)30-20(2)44(33(46)49-30)16-28-27(15-41-32(42-28)43-17-34(36,37)18-43)26-14-23(9-10-29(26)47-3)21-5-7-22(8-6-21)31(45)48-4/h10-11,14-17,19,22,30H,9,12-13,18,20H2,1-8H3;9-15,20-22,30H,5-8,16-18H2,1-4H3/t22-,30-;20-,21?,22?,30-/m00/s1. The molecule has 0 unspecified atom stereocenters. The van der Waals surface area contributed by atoms with Crippen molar-refractivity contribution in [3.63, 3.8) is 0 Å². The lowest BCUT2D eigenvalue weighted by Crippen LogP contribution is -2.57. The Hall–Kier alpha value is -8.84. The van der Waals surface area contributed by atoms with Gasteiger partial charge in [-0.1, -0.05) is 35.4 Å². The van der Waals surface area contributed by atoms with Crippen molar-refractivity contribution in [2.24, 2.45) is 11.3 Å². The number of aryl methyl sites for hydroxylation is 2. The van der Waals surface area contributed by atoms with Crippen molar-refractivity contribution >= 4 is 36.0 Å². The summed E-state index contributed by atoms with van der Waals surface area (Å²) in [5, 5.41) is 0. The van der Waals surface area contributed by atoms with Gasteiger partial charge < -0.3 is 38.2 Å². The van der Waals surface area contributed by atoms with Gasteiger partial charge in [0.2, 0.25) is 11.9 Å². The van der Waals surface area contributed by atoms with E-state index >= 15 is 0 Å². The van der Waals surface area contributed by atoms with Gasteiger partial charge in [0.1, 0.15) is 29.3 Å². The number of anilines is 2. The summed E-state index contributed by atoms with van der Waals surface area (Å²) in [6.07, 6.45) is -4.91. The molecule has 6 aromatic rings. The number of benzene rings is 4. The van der Waals surface area contributed by atoms with Gasteiger partial charge in [-0.15, -0.1) is 0 Å². The van der Waals surface area contributed by atoms with Crippen LogP contribution in [0.4, 0.5) is 56.6 Å². The van der Waals surface area contributed by atoms with Gasteiger partial charge in [-0.25, -0.2) is 38.3 Å². The van der Waals surface area contributed by atoms with Gasteiger partial charge >= 0.3 is 36.5 Å². The van der Waals surface area contributed by atoms with Crippen molar-refractivity contribution in [1.29, 1.82) is 0 Å². The molecule has 1 aliphatic carbocycles. The second-order valence-corrected chi connectivity index (χ2v) is 27.3. The predicted octanol–water partition coefficient (Wildman–Crippen LogP) is 15.1. The number of rotatable bonds is 17. The summed E-state index contributed by atoms with van der Waals surface area (Å²) >= 11 is 0. The number of carbonyl (C=O) groups is 4. The van der Waals surface area contributed by atoms with E-state index < -0.39 is 90.0 Å². The quantitative estimate of drug-likeness (QED) is 0.0476. The molecule has 0 bridgehead atoms. The minimum atomic E-state index is -4.58. The number of halogens is 8. The average Bonchev–Trinajstić information content (AvgIpc) is 1.77. The lowest BCUT2D eigenvalue weighted by atomic mass is 9.78. The zero-order valence-corrected chi connectivity index (χ0v) is 56.2. The summed E-state index contributed by atoms with van der Waals surface area (Å²) in [6.45, 7) is 16.1. The number of hydrogen-bond acceptors (Lipinski definition) is 16. The molecule has 26 heteroatoms. The van der Waals surface area contributed by atoms with Crippen LogP contribution in [0.2, 0.25) is 0 Å². The fourth-order valence-corrected chi connectivity index (χ4v) is 13.0. The van der Waals surface area contributed by atoms with Gasteiger partial charge in [-0.05, 0) is 178 Å². The second-order valence-electron chi connectivity index (χ2n) is 27.3. The van der Waals surface area contributed by atoms with Crippen LogP contribution in [0, 0.1) is 25.2 Å². The molecule has 5 fully saturated rings. The number of cyclic esters (lactones) is 2. The van der Waals surface area contributed by atoms with Gasteiger partial charge in [0.05, 0.1) is 93.4 Å². The molecule has 0 spiro atoms. The van der Waals surface area contributed by atoms with Gasteiger partial charge in [0, 0.05) is 47.7 Å². The van der Waals surface area contributed by atoms with E-state index in [1.807, 2.05) is 75.9 Å². The number of amides is 2. The van der Waals surface area contributed by atoms with Crippen molar-refractivity contribution in [2.75, 3.05) is 57.3 Å². The normalized spacial score (nSPS) is 21.0. The van der Waals surface area contributed by atoms with E-state index in [0.29, 0.717) is 81.5 Å². The molecule has 6 heterocycles. The molecule has 1 saturated carbocycles. The molecule has 4 aliphatic heterocycles. The minimum Gasteiger partial charge on any atom is -0.496 e. The Morgan fingerprint density at radius 3 is 1.52 bits per heavy atom. The third kappa shape index (κ3) is 15.9. The molecular formula is C71H80F8N8O10. The number of carbonyl (C=O) groups excluding carboxylic acids is 4. The Labute approximate surface area is 557 Å². The Kier molecular flexibility index (Phi) is 20.2. The SMILES string of the molecule is COC(=O)C1CCC(c2ccc(OC)c(-c3cnc(N4CC(F)(F)C4)nc3CN3C(=O)O[C@H](c4cc(C)cc(C(F)(F)F)c4)[C@@H]3C)c2)CC1.COc1ccc(CC(C)(C)C(=O)OC(C)(C)C)cc1-c1cnc(N2CCC2)nc1CN1C(=O)O[C@H](c2cc(C)cc(C(F)(F)F)c2)[C@@H]1C. The number of methoxy groups -OCH3 is 3. The van der Waals surface area contributed by atoms with Crippen LogP contribution in [0.25, 0.3) is 22.3 Å². The summed E-state index contributed by atoms with van der Waals surface area (Å²) in [5.41, 5.74) is 3.29. The van der Waals surface area contributed by atoms with Gasteiger partial charge in [-0.3, -0.25) is 19.4 Å². The highest BCUT2D eigenvalue weighted by atomic mass is 19.4. The highest BCUT2D eigenvalue weighted by Crippen LogP contribution is 2.45. The Balaban J connectivity index is 0.000000211. The van der Waals surface area contributed by atoms with Crippen LogP contribution in [0.1, 0.15) is 155 Å². The van der Waals surface area contributed by atoms with Gasteiger partial charge in [0.25, 0.3) is 5.92 Å². The van der Waals surface area contributed by atoms with E-state index in [9.17, 15) is 54.3 Å². The average molecular weight is 1360 g/mol. The van der Waals surface area contributed by atoms with E-state index in [2.05, 4.69) is 15.0 Å². The maximum Gasteiger partial charge on any atom is 0.416 e. The zero-order valence-electron chi connectivity index (χ0n) is 56.2. The molecule has 11 rings (SSSR count). The zero-order chi connectivity index (χ0) is 70.4. The largest absolute Gasteiger partial charge is 0.496 e. The Morgan fingerprint density at radius 1 is 0.608 bits per heavy atom. The van der Waals surface area contributed by atoms with Crippen LogP contribution in [0.5, 0.6) is 11.5 Å². The Bertz CT molecular complexity index is 3930. The van der Waals surface area contributed by atoms with Crippen molar-refractivity contribution in [3.8, 4) is 33.8 Å². The molecule has 520 valence electrons. The van der Waals surface area contributed by atoms with Crippen molar-refractivity contribution in [3.05, 3.63) is 141 Å². The molecule has 0 N–H and O–H groups in total. The van der Waals surface area contributed by atoms with Crippen LogP contribution in [-0.2, 0) is 60.4 Å². The first-order valence-electron chi connectivity index (χ1n) is 32.1. The van der Waals surface area contributed by atoms with Crippen LogP contribution >= 0.6 is 0 Å². The molecule has 2 amide bonds. The fraction of sp³-hybridized carbons (Fsp3) is 0.493. The number of alkyl halides is 8. The van der Waals surface area contributed by atoms with Crippen molar-refractivity contribution in [2.45, 2.75) is 168 Å². The highest BCUT2D eigenvalue weighted by Gasteiger charge is 2.47. The van der Waals surface area contributed by atoms with Crippen LogP contribution < -0.4 is 19.3 Å². The van der Waals surface area contributed by atoms with Crippen LogP contribution in [0.3, 0.4) is 0 Å². The fourth-order valence-electron chi connectivity index (χ4n) is 13.0. The third-order valence-electron chi connectivity index (χ3n) is 18.3. The van der Waals surface area contributed by atoms with Crippen LogP contribution in [-0.4, -0.2) is 125 Å². The summed E-state index contributed by atoms with van der Waals surface area (Å²) in [7, 11) is 4.45. The second kappa shape index (κ2) is 27.6. The molecule has 4 aromatic carbocycles. The van der Waals surface area contributed by atoms with Gasteiger partial charge in [-0.2, -0.15) is 26.3 Å². The first-order chi connectivity index (χ1) is 45.5. The number of hydrogen-bond donors (Lipinski definition) is 0. The number of aromatic nitrogens is 4. The first-order valence-corrected chi connectivity index (χ1v) is 32.1. The number of ether oxygens (including phenoxy) is 6. The molecule has 18 nitrogen and oxygen atoms in total. The van der Waals surface area contributed by atoms with Crippen molar-refractivity contribution in [1.82, 2.24) is 29.7 Å². The molecule has 4 atom stereocenters. The van der Waals surface area contributed by atoms with E-state index in [1.165, 1.54) is 42.0 Å². The third-order valence-corrected chi connectivity index (χ3v) is 18.3. The first kappa shape index (κ1) is 70.9. The molecule has 5 aliphatic rings. The van der Waals surface area contributed by atoms with E-state index in [0.717, 1.165) is 67.7 Å². The lowest BCUT2D eigenvalue weighted by Gasteiger charge is -2.38. The lowest BCUT2D eigenvalue weighted by molar-refractivity contribution is -0.165. The molecule has 2 aromatic heterocycles. The number of esters is 2. The van der Waals surface area contributed by atoms with E-state index in [1.54, 1.807) is 46.2 Å². The van der Waals surface area contributed by atoms with Crippen molar-refractivity contribution < 1.29 is 82.7 Å². The predicted molar refractivity (Wildman–Crippen MR) is 343 cm³/mol. The summed E-state index contributed by atoms with van der Waals surface area (Å²) in [6, 6.07) is 17.4. The minimum absolute atomic E-state index is 0.0178. The molecule has 97 heavy (non-hydrogen) atoms. The maximum atomic E-state index is 13.8. The van der Waals surface area contributed by atoms with E-state index in [4.69, 9.17) is 33.4 Å². The Morgan fingerprint density at radius 2 is 1.08 bits per heavy atom.